The summed E-state index contributed by atoms with van der Waals surface area (Å²) in [6.45, 7) is 13.0. The molecule has 16 heavy (non-hydrogen) atoms. The molecule has 0 fully saturated rings. The summed E-state index contributed by atoms with van der Waals surface area (Å²) in [4.78, 5) is 0. The molecule has 0 saturated carbocycles. The Bertz CT molecular complexity index is 307. The lowest BCUT2D eigenvalue weighted by Crippen LogP contribution is -2.40. The minimum atomic E-state index is -0.632. The quantitative estimate of drug-likeness (QED) is 0.767. The van der Waals surface area contributed by atoms with Crippen molar-refractivity contribution in [3.05, 3.63) is 23.3 Å². The molecular formula is C15H26O. The van der Waals surface area contributed by atoms with Crippen molar-refractivity contribution in [3.8, 4) is 0 Å². The van der Waals surface area contributed by atoms with Crippen molar-refractivity contribution < 1.29 is 5.11 Å². The SMILES string of the molecule is CC(C)C1=CCC(O)(C(C)C)C(C(C)C)=C1. The molecule has 0 aromatic heterocycles. The second-order valence-corrected chi connectivity index (χ2v) is 5.90. The monoisotopic (exact) mass is 222 g/mol. The van der Waals surface area contributed by atoms with Crippen LogP contribution in [-0.4, -0.2) is 10.7 Å². The van der Waals surface area contributed by atoms with E-state index in [9.17, 15) is 5.11 Å². The molecule has 1 heteroatoms. The van der Waals surface area contributed by atoms with E-state index >= 15 is 0 Å². The average Bonchev–Trinajstić information content (AvgIpc) is 2.17. The third-order valence-electron chi connectivity index (χ3n) is 3.71. The van der Waals surface area contributed by atoms with Crippen molar-refractivity contribution in [2.75, 3.05) is 0 Å². The molecule has 1 N–H and O–H groups in total. The molecule has 0 radical (unpaired) electrons. The maximum Gasteiger partial charge on any atom is 0.0919 e. The van der Waals surface area contributed by atoms with Crippen molar-refractivity contribution in [1.82, 2.24) is 0 Å². The van der Waals surface area contributed by atoms with E-state index in [1.807, 2.05) is 0 Å². The van der Waals surface area contributed by atoms with Crippen molar-refractivity contribution in [2.24, 2.45) is 17.8 Å². The molecule has 0 saturated heterocycles. The van der Waals surface area contributed by atoms with Crippen molar-refractivity contribution >= 4 is 0 Å². The average molecular weight is 222 g/mol. The first-order chi connectivity index (χ1) is 7.29. The molecule has 0 spiro atoms. The van der Waals surface area contributed by atoms with Crippen LogP contribution in [0.2, 0.25) is 0 Å². The molecule has 0 aliphatic heterocycles. The molecule has 1 nitrogen and oxygen atoms in total. The highest BCUT2D eigenvalue weighted by molar-refractivity contribution is 5.37. The summed E-state index contributed by atoms with van der Waals surface area (Å²) in [5.74, 6) is 1.23. The van der Waals surface area contributed by atoms with E-state index in [-0.39, 0.29) is 5.92 Å². The molecule has 92 valence electrons. The van der Waals surface area contributed by atoms with Gasteiger partial charge in [0.2, 0.25) is 0 Å². The first kappa shape index (κ1) is 13.5. The predicted octanol–water partition coefficient (Wildman–Crippen LogP) is 3.94. The Kier molecular flexibility index (Phi) is 4.01. The lowest BCUT2D eigenvalue weighted by atomic mass is 9.71. The first-order valence-electron chi connectivity index (χ1n) is 6.43. The van der Waals surface area contributed by atoms with E-state index in [4.69, 9.17) is 0 Å². The number of hydrogen-bond donors (Lipinski definition) is 1. The minimum absolute atomic E-state index is 0.270. The smallest absolute Gasteiger partial charge is 0.0919 e. The fourth-order valence-electron chi connectivity index (χ4n) is 2.39. The van der Waals surface area contributed by atoms with E-state index in [0.717, 1.165) is 6.42 Å². The maximum absolute atomic E-state index is 10.8. The van der Waals surface area contributed by atoms with E-state index in [0.29, 0.717) is 11.8 Å². The van der Waals surface area contributed by atoms with Gasteiger partial charge in [0, 0.05) is 0 Å². The molecule has 1 aliphatic carbocycles. The lowest BCUT2D eigenvalue weighted by molar-refractivity contribution is 0.0244. The maximum atomic E-state index is 10.8. The van der Waals surface area contributed by atoms with E-state index in [1.54, 1.807) is 0 Å². The van der Waals surface area contributed by atoms with E-state index in [2.05, 4.69) is 53.7 Å². The van der Waals surface area contributed by atoms with Gasteiger partial charge in [0.05, 0.1) is 5.60 Å². The van der Waals surface area contributed by atoms with Crippen LogP contribution in [0.15, 0.2) is 23.3 Å². The third-order valence-corrected chi connectivity index (χ3v) is 3.71. The van der Waals surface area contributed by atoms with Crippen LogP contribution in [0.25, 0.3) is 0 Å². The van der Waals surface area contributed by atoms with Crippen molar-refractivity contribution in [3.63, 3.8) is 0 Å². The van der Waals surface area contributed by atoms with Crippen molar-refractivity contribution in [2.45, 2.75) is 53.6 Å². The van der Waals surface area contributed by atoms with Crippen LogP contribution in [0.1, 0.15) is 48.0 Å². The summed E-state index contributed by atoms with van der Waals surface area (Å²) in [6.07, 6.45) is 5.19. The molecule has 0 aromatic carbocycles. The standard InChI is InChI=1S/C15H26O/c1-10(2)13-7-8-15(16,12(5)6)14(9-13)11(3)4/h7,9-12,16H,8H2,1-6H3. The summed E-state index contributed by atoms with van der Waals surface area (Å²) in [5.41, 5.74) is 1.94. The van der Waals surface area contributed by atoms with Gasteiger partial charge in [-0.25, -0.2) is 0 Å². The van der Waals surface area contributed by atoms with E-state index < -0.39 is 5.60 Å². The largest absolute Gasteiger partial charge is 0.385 e. The summed E-state index contributed by atoms with van der Waals surface area (Å²) in [5, 5.41) is 10.8. The van der Waals surface area contributed by atoms with Crippen LogP contribution < -0.4 is 0 Å². The van der Waals surface area contributed by atoms with Crippen LogP contribution in [0.5, 0.6) is 0 Å². The Hall–Kier alpha value is -0.560. The van der Waals surface area contributed by atoms with Crippen LogP contribution in [0.3, 0.4) is 0 Å². The van der Waals surface area contributed by atoms with Crippen LogP contribution in [0.4, 0.5) is 0 Å². The van der Waals surface area contributed by atoms with Gasteiger partial charge in [-0.2, -0.15) is 0 Å². The zero-order valence-corrected chi connectivity index (χ0v) is 11.5. The van der Waals surface area contributed by atoms with Gasteiger partial charge in [-0.1, -0.05) is 53.7 Å². The summed E-state index contributed by atoms with van der Waals surface area (Å²) in [6, 6.07) is 0. The normalized spacial score (nSPS) is 26.4. The summed E-state index contributed by atoms with van der Waals surface area (Å²) in [7, 11) is 0. The Morgan fingerprint density at radius 3 is 2.00 bits per heavy atom. The number of allylic oxidation sites excluding steroid dienone is 2. The van der Waals surface area contributed by atoms with Crippen molar-refractivity contribution in [1.29, 1.82) is 0 Å². The van der Waals surface area contributed by atoms with Gasteiger partial charge in [-0.3, -0.25) is 0 Å². The van der Waals surface area contributed by atoms with Gasteiger partial charge in [0.1, 0.15) is 0 Å². The molecule has 1 unspecified atom stereocenters. The highest BCUT2D eigenvalue weighted by Gasteiger charge is 2.37. The van der Waals surface area contributed by atoms with Crippen LogP contribution >= 0.6 is 0 Å². The van der Waals surface area contributed by atoms with Gasteiger partial charge in [0.25, 0.3) is 0 Å². The van der Waals surface area contributed by atoms with Gasteiger partial charge >= 0.3 is 0 Å². The number of aliphatic hydroxyl groups is 1. The Balaban J connectivity index is 3.11. The van der Waals surface area contributed by atoms with Crippen LogP contribution in [0, 0.1) is 17.8 Å². The molecule has 0 aromatic rings. The molecule has 1 atom stereocenters. The fourth-order valence-corrected chi connectivity index (χ4v) is 2.39. The van der Waals surface area contributed by atoms with Gasteiger partial charge < -0.3 is 5.11 Å². The molecular weight excluding hydrogens is 196 g/mol. The second kappa shape index (κ2) is 4.75. The molecule has 0 heterocycles. The molecule has 0 bridgehead atoms. The van der Waals surface area contributed by atoms with Gasteiger partial charge in [0.15, 0.2) is 0 Å². The third kappa shape index (κ3) is 2.40. The fraction of sp³-hybridized carbons (Fsp3) is 0.733. The van der Waals surface area contributed by atoms with Gasteiger partial charge in [-0.05, 0) is 35.3 Å². The summed E-state index contributed by atoms with van der Waals surface area (Å²) >= 11 is 0. The zero-order valence-electron chi connectivity index (χ0n) is 11.5. The first-order valence-corrected chi connectivity index (χ1v) is 6.43. The highest BCUT2D eigenvalue weighted by atomic mass is 16.3. The molecule has 0 amide bonds. The Morgan fingerprint density at radius 1 is 1.06 bits per heavy atom. The van der Waals surface area contributed by atoms with E-state index in [1.165, 1.54) is 11.1 Å². The minimum Gasteiger partial charge on any atom is -0.385 e. The molecule has 1 rings (SSSR count). The highest BCUT2D eigenvalue weighted by Crippen LogP contribution is 2.39. The van der Waals surface area contributed by atoms with Crippen LogP contribution in [-0.2, 0) is 0 Å². The summed E-state index contributed by atoms with van der Waals surface area (Å²) < 4.78 is 0. The Labute approximate surface area is 100 Å². The Morgan fingerprint density at radius 2 is 1.62 bits per heavy atom. The lowest BCUT2D eigenvalue weighted by Gasteiger charge is -2.39. The number of rotatable bonds is 3. The molecule has 1 aliphatic rings. The van der Waals surface area contributed by atoms with Gasteiger partial charge in [-0.15, -0.1) is 0 Å². The second-order valence-electron chi connectivity index (χ2n) is 5.90. The predicted molar refractivity (Wildman–Crippen MR) is 70.2 cm³/mol. The number of hydrogen-bond acceptors (Lipinski definition) is 1. The zero-order chi connectivity index (χ0) is 12.5. The topological polar surface area (TPSA) is 20.2 Å².